The number of amides is 1. The van der Waals surface area contributed by atoms with Crippen LogP contribution in [0.5, 0.6) is 0 Å². The van der Waals surface area contributed by atoms with Gasteiger partial charge in [-0.15, -0.1) is 0 Å². The molecule has 0 saturated heterocycles. The molecule has 0 fully saturated rings. The van der Waals surface area contributed by atoms with Gasteiger partial charge in [0.05, 0.1) is 5.69 Å². The largest absolute Gasteiger partial charge is 0.321 e. The number of hydrogen-bond acceptors (Lipinski definition) is 2. The summed E-state index contributed by atoms with van der Waals surface area (Å²) in [5.74, 6) is -0.296. The number of aromatic nitrogens is 1. The van der Waals surface area contributed by atoms with E-state index in [9.17, 15) is 4.79 Å². The molecule has 0 spiro atoms. The molecule has 2 aromatic rings. The summed E-state index contributed by atoms with van der Waals surface area (Å²) in [6, 6.07) is 8.58. The van der Waals surface area contributed by atoms with Crippen molar-refractivity contribution in [2.24, 2.45) is 0 Å². The maximum Gasteiger partial charge on any atom is 0.255 e. The summed E-state index contributed by atoms with van der Waals surface area (Å²) in [7, 11) is 0. The standard InChI is InChI=1S/C13H9BrCl2N2O/c1-7-2-3-10(9(14)4-7)17-13(19)8-5-11(15)18-12(16)6-8/h2-6H,1H3,(H,17,19). The molecule has 0 aliphatic heterocycles. The Bertz CT molecular complexity index is 626. The number of nitrogens with zero attached hydrogens (tertiary/aromatic N) is 1. The van der Waals surface area contributed by atoms with Crippen molar-refractivity contribution in [3.63, 3.8) is 0 Å². The summed E-state index contributed by atoms with van der Waals surface area (Å²) in [5, 5.41) is 3.14. The zero-order valence-electron chi connectivity index (χ0n) is 9.88. The highest BCUT2D eigenvalue weighted by atomic mass is 79.9. The van der Waals surface area contributed by atoms with E-state index in [1.165, 1.54) is 12.1 Å². The van der Waals surface area contributed by atoms with Crippen LogP contribution in [0, 0.1) is 6.92 Å². The molecule has 98 valence electrons. The number of carbonyl (C=O) groups excluding carboxylic acids is 1. The molecule has 0 unspecified atom stereocenters. The van der Waals surface area contributed by atoms with E-state index in [4.69, 9.17) is 23.2 Å². The SMILES string of the molecule is Cc1ccc(NC(=O)c2cc(Cl)nc(Cl)c2)c(Br)c1. The van der Waals surface area contributed by atoms with E-state index in [1.807, 2.05) is 25.1 Å². The Kier molecular flexibility index (Phi) is 4.45. The number of anilines is 1. The lowest BCUT2D eigenvalue weighted by Crippen LogP contribution is -2.12. The average Bonchev–Trinajstić information content (AvgIpc) is 2.31. The molecule has 3 nitrogen and oxygen atoms in total. The fourth-order valence-electron chi connectivity index (χ4n) is 1.51. The maximum absolute atomic E-state index is 12.1. The monoisotopic (exact) mass is 358 g/mol. The summed E-state index contributed by atoms with van der Waals surface area (Å²) in [6.07, 6.45) is 0. The predicted octanol–water partition coefficient (Wildman–Crippen LogP) is 4.71. The minimum atomic E-state index is -0.296. The number of halogens is 3. The third-order valence-electron chi connectivity index (χ3n) is 2.40. The molecule has 0 atom stereocenters. The fraction of sp³-hybridized carbons (Fsp3) is 0.0769. The highest BCUT2D eigenvalue weighted by Crippen LogP contribution is 2.24. The van der Waals surface area contributed by atoms with Crippen molar-refractivity contribution in [1.82, 2.24) is 4.98 Å². The minimum Gasteiger partial charge on any atom is -0.321 e. The first-order valence-electron chi connectivity index (χ1n) is 5.36. The van der Waals surface area contributed by atoms with E-state index in [0.29, 0.717) is 11.3 Å². The molecule has 0 saturated carbocycles. The van der Waals surface area contributed by atoms with Crippen LogP contribution in [0.1, 0.15) is 15.9 Å². The first-order valence-corrected chi connectivity index (χ1v) is 6.91. The summed E-state index contributed by atoms with van der Waals surface area (Å²) in [5.41, 5.74) is 2.14. The van der Waals surface area contributed by atoms with Crippen molar-refractivity contribution in [3.8, 4) is 0 Å². The Morgan fingerprint density at radius 1 is 1.21 bits per heavy atom. The third-order valence-corrected chi connectivity index (χ3v) is 3.44. The summed E-state index contributed by atoms with van der Waals surface area (Å²) >= 11 is 14.9. The molecule has 6 heteroatoms. The van der Waals surface area contributed by atoms with Gasteiger partial charge in [-0.2, -0.15) is 0 Å². The fourth-order valence-corrected chi connectivity index (χ4v) is 2.56. The maximum atomic E-state index is 12.1. The number of rotatable bonds is 2. The van der Waals surface area contributed by atoms with Crippen molar-refractivity contribution >= 4 is 50.7 Å². The lowest BCUT2D eigenvalue weighted by Gasteiger charge is -2.08. The van der Waals surface area contributed by atoms with Crippen LogP contribution in [-0.2, 0) is 0 Å². The zero-order valence-corrected chi connectivity index (χ0v) is 13.0. The normalized spacial score (nSPS) is 10.3. The van der Waals surface area contributed by atoms with Crippen molar-refractivity contribution in [2.45, 2.75) is 6.92 Å². The summed E-state index contributed by atoms with van der Waals surface area (Å²) in [6.45, 7) is 1.97. The van der Waals surface area contributed by atoms with Crippen LogP contribution in [0.2, 0.25) is 10.3 Å². The van der Waals surface area contributed by atoms with Crippen LogP contribution < -0.4 is 5.32 Å². The molecule has 0 aliphatic rings. The van der Waals surface area contributed by atoms with E-state index in [2.05, 4.69) is 26.2 Å². The molecule has 1 amide bonds. The van der Waals surface area contributed by atoms with Crippen LogP contribution >= 0.6 is 39.1 Å². The molecule has 1 heterocycles. The van der Waals surface area contributed by atoms with Gasteiger partial charge in [0.15, 0.2) is 0 Å². The average molecular weight is 360 g/mol. The lowest BCUT2D eigenvalue weighted by atomic mass is 10.2. The van der Waals surface area contributed by atoms with Gasteiger partial charge in [-0.25, -0.2) is 4.98 Å². The molecule has 0 bridgehead atoms. The number of hydrogen-bond donors (Lipinski definition) is 1. The Morgan fingerprint density at radius 3 is 2.42 bits per heavy atom. The topological polar surface area (TPSA) is 42.0 Å². The van der Waals surface area contributed by atoms with E-state index in [0.717, 1.165) is 10.0 Å². The van der Waals surface area contributed by atoms with Gasteiger partial charge in [0, 0.05) is 10.0 Å². The van der Waals surface area contributed by atoms with Crippen LogP contribution in [0.4, 0.5) is 5.69 Å². The molecular weight excluding hydrogens is 351 g/mol. The van der Waals surface area contributed by atoms with Crippen LogP contribution in [0.15, 0.2) is 34.8 Å². The van der Waals surface area contributed by atoms with Gasteiger partial charge in [0.1, 0.15) is 10.3 Å². The summed E-state index contributed by atoms with van der Waals surface area (Å²) in [4.78, 5) is 15.9. The summed E-state index contributed by atoms with van der Waals surface area (Å²) < 4.78 is 0.812. The predicted molar refractivity (Wildman–Crippen MR) is 81.1 cm³/mol. The van der Waals surface area contributed by atoms with E-state index in [1.54, 1.807) is 0 Å². The van der Waals surface area contributed by atoms with E-state index < -0.39 is 0 Å². The van der Waals surface area contributed by atoms with Gasteiger partial charge >= 0.3 is 0 Å². The Balaban J connectivity index is 2.25. The lowest BCUT2D eigenvalue weighted by molar-refractivity contribution is 0.102. The first kappa shape index (κ1) is 14.3. The second-order valence-corrected chi connectivity index (χ2v) is 5.57. The Labute approximate surface area is 129 Å². The molecule has 2 rings (SSSR count). The van der Waals surface area contributed by atoms with Gasteiger partial charge in [0.25, 0.3) is 5.91 Å². The van der Waals surface area contributed by atoms with Crippen LogP contribution in [-0.4, -0.2) is 10.9 Å². The van der Waals surface area contributed by atoms with Crippen molar-refractivity contribution in [3.05, 3.63) is 56.2 Å². The molecule has 1 N–H and O–H groups in total. The number of pyridine rings is 1. The van der Waals surface area contributed by atoms with Crippen LogP contribution in [0.3, 0.4) is 0 Å². The highest BCUT2D eigenvalue weighted by Gasteiger charge is 2.10. The van der Waals surface area contributed by atoms with Gasteiger partial charge in [0.2, 0.25) is 0 Å². The smallest absolute Gasteiger partial charge is 0.255 e. The molecular formula is C13H9BrCl2N2O. The minimum absolute atomic E-state index is 0.181. The van der Waals surface area contributed by atoms with Gasteiger partial charge < -0.3 is 5.32 Å². The van der Waals surface area contributed by atoms with Gasteiger partial charge in [-0.05, 0) is 52.7 Å². The zero-order chi connectivity index (χ0) is 14.0. The highest BCUT2D eigenvalue weighted by molar-refractivity contribution is 9.10. The molecule has 0 radical (unpaired) electrons. The van der Waals surface area contributed by atoms with E-state index in [-0.39, 0.29) is 16.2 Å². The van der Waals surface area contributed by atoms with Crippen molar-refractivity contribution in [2.75, 3.05) is 5.32 Å². The number of carbonyl (C=O) groups is 1. The number of benzene rings is 1. The second-order valence-electron chi connectivity index (χ2n) is 3.94. The number of nitrogens with one attached hydrogen (secondary N) is 1. The van der Waals surface area contributed by atoms with Gasteiger partial charge in [-0.1, -0.05) is 29.3 Å². The Hall–Kier alpha value is -1.10. The molecule has 19 heavy (non-hydrogen) atoms. The molecule has 1 aromatic carbocycles. The van der Waals surface area contributed by atoms with E-state index >= 15 is 0 Å². The Morgan fingerprint density at radius 2 is 1.84 bits per heavy atom. The quantitative estimate of drug-likeness (QED) is 0.789. The third kappa shape index (κ3) is 3.69. The van der Waals surface area contributed by atoms with Crippen molar-refractivity contribution < 1.29 is 4.79 Å². The number of aryl methyl sites for hydroxylation is 1. The van der Waals surface area contributed by atoms with Crippen LogP contribution in [0.25, 0.3) is 0 Å². The molecule has 1 aromatic heterocycles. The van der Waals surface area contributed by atoms with Gasteiger partial charge in [-0.3, -0.25) is 4.79 Å². The second kappa shape index (κ2) is 5.90. The van der Waals surface area contributed by atoms with Crippen molar-refractivity contribution in [1.29, 1.82) is 0 Å². The first-order chi connectivity index (χ1) is 8.95. The molecule has 0 aliphatic carbocycles.